The monoisotopic (exact) mass is 509 g/mol. The van der Waals surface area contributed by atoms with Gasteiger partial charge in [0.1, 0.15) is 0 Å². The third-order valence-electron chi connectivity index (χ3n) is 5.89. The summed E-state index contributed by atoms with van der Waals surface area (Å²) in [7, 11) is 0. The Morgan fingerprint density at radius 1 is 1.24 bits per heavy atom. The summed E-state index contributed by atoms with van der Waals surface area (Å²) in [5, 5.41) is 12.4. The van der Waals surface area contributed by atoms with Gasteiger partial charge in [0.25, 0.3) is 5.91 Å². The van der Waals surface area contributed by atoms with Crippen molar-refractivity contribution in [2.45, 2.75) is 26.3 Å². The molecule has 7 nitrogen and oxygen atoms in total. The van der Waals surface area contributed by atoms with Crippen LogP contribution >= 0.6 is 34.5 Å². The maximum atomic E-state index is 13.5. The lowest BCUT2D eigenvalue weighted by molar-refractivity contribution is -0.129. The van der Waals surface area contributed by atoms with Crippen molar-refractivity contribution in [3.8, 4) is 0 Å². The number of ether oxygens (including phenoxy) is 1. The minimum atomic E-state index is -0.804. The molecule has 4 rings (SSSR count). The Hall–Kier alpha value is -1.97. The normalized spacial score (nSPS) is 19.6. The van der Waals surface area contributed by atoms with E-state index in [9.17, 15) is 14.7 Å². The van der Waals surface area contributed by atoms with E-state index in [4.69, 9.17) is 27.9 Å². The van der Waals surface area contributed by atoms with Gasteiger partial charge in [0.15, 0.2) is 5.76 Å². The van der Waals surface area contributed by atoms with E-state index >= 15 is 0 Å². The van der Waals surface area contributed by atoms with Gasteiger partial charge in [0, 0.05) is 36.2 Å². The van der Waals surface area contributed by atoms with Crippen LogP contribution in [0.25, 0.3) is 0 Å². The van der Waals surface area contributed by atoms with Crippen molar-refractivity contribution in [2.75, 3.05) is 39.4 Å². The molecule has 3 heterocycles. The number of aryl methyl sites for hydroxylation is 2. The number of rotatable bonds is 7. The summed E-state index contributed by atoms with van der Waals surface area (Å²) in [4.78, 5) is 35.2. The molecule has 1 aromatic carbocycles. The van der Waals surface area contributed by atoms with E-state index in [1.54, 1.807) is 25.1 Å². The molecule has 33 heavy (non-hydrogen) atoms. The van der Waals surface area contributed by atoms with E-state index in [1.807, 2.05) is 6.92 Å². The Morgan fingerprint density at radius 2 is 1.97 bits per heavy atom. The molecule has 0 aliphatic carbocycles. The van der Waals surface area contributed by atoms with Gasteiger partial charge in [0.2, 0.25) is 5.78 Å². The van der Waals surface area contributed by atoms with Crippen LogP contribution in [-0.4, -0.2) is 71.0 Å². The molecule has 2 aliphatic rings. The molecule has 0 bridgehead atoms. The summed E-state index contributed by atoms with van der Waals surface area (Å²) in [6.07, 6.45) is 0.681. The minimum Gasteiger partial charge on any atom is -0.503 e. The predicted molar refractivity (Wildman–Crippen MR) is 128 cm³/mol. The van der Waals surface area contributed by atoms with Gasteiger partial charge in [-0.1, -0.05) is 29.3 Å². The van der Waals surface area contributed by atoms with Crippen LogP contribution < -0.4 is 0 Å². The van der Waals surface area contributed by atoms with Crippen molar-refractivity contribution in [3.05, 3.63) is 60.7 Å². The highest BCUT2D eigenvalue weighted by molar-refractivity contribution is 7.14. The average molecular weight is 510 g/mol. The molecule has 1 amide bonds. The standard InChI is InChI=1S/C23H25Cl2N3O4S/c1-13-22(33-14(2)26-13)20(29)18-19(16-5-4-15(24)12-17(16)25)28(23(31)21(18)30)7-3-6-27-8-10-32-11-9-27/h4-5,12,19,30H,3,6-11H2,1-2H3. The number of Topliss-reactive ketones (excluding diaryl/α,β-unsaturated/α-hetero) is 1. The average Bonchev–Trinajstić information content (AvgIpc) is 3.24. The lowest BCUT2D eigenvalue weighted by Crippen LogP contribution is -2.39. The van der Waals surface area contributed by atoms with E-state index in [0.717, 1.165) is 24.6 Å². The smallest absolute Gasteiger partial charge is 0.290 e. The largest absolute Gasteiger partial charge is 0.503 e. The van der Waals surface area contributed by atoms with Gasteiger partial charge in [-0.2, -0.15) is 0 Å². The molecule has 1 aromatic heterocycles. The third kappa shape index (κ3) is 4.95. The maximum absolute atomic E-state index is 13.5. The number of hydrogen-bond donors (Lipinski definition) is 1. The fourth-order valence-corrected chi connectivity index (χ4v) is 5.70. The summed E-state index contributed by atoms with van der Waals surface area (Å²) >= 11 is 13.8. The number of carbonyl (C=O) groups excluding carboxylic acids is 2. The zero-order valence-corrected chi connectivity index (χ0v) is 20.8. The van der Waals surface area contributed by atoms with Crippen LogP contribution in [0.5, 0.6) is 0 Å². The fraction of sp³-hybridized carbons (Fsp3) is 0.435. The molecule has 2 aromatic rings. The zero-order chi connectivity index (χ0) is 23.7. The summed E-state index contributed by atoms with van der Waals surface area (Å²) in [6.45, 7) is 7.78. The Kier molecular flexibility index (Phi) is 7.40. The second-order valence-corrected chi connectivity index (χ2v) is 10.2. The molecule has 1 fully saturated rings. The van der Waals surface area contributed by atoms with Crippen LogP contribution in [0.4, 0.5) is 0 Å². The molecule has 1 atom stereocenters. The maximum Gasteiger partial charge on any atom is 0.290 e. The first-order valence-corrected chi connectivity index (χ1v) is 12.3. The zero-order valence-electron chi connectivity index (χ0n) is 18.4. The number of aliphatic hydroxyl groups is 1. The SMILES string of the molecule is Cc1nc(C)c(C(=O)C2=C(O)C(=O)N(CCCN3CCOCC3)C2c2ccc(Cl)cc2Cl)s1. The minimum absolute atomic E-state index is 0.0299. The highest BCUT2D eigenvalue weighted by Crippen LogP contribution is 2.43. The lowest BCUT2D eigenvalue weighted by atomic mass is 9.95. The molecular formula is C23H25Cl2N3O4S. The highest BCUT2D eigenvalue weighted by atomic mass is 35.5. The highest BCUT2D eigenvalue weighted by Gasteiger charge is 2.45. The van der Waals surface area contributed by atoms with Gasteiger partial charge >= 0.3 is 0 Å². The first-order valence-electron chi connectivity index (χ1n) is 10.8. The van der Waals surface area contributed by atoms with Gasteiger partial charge in [0.05, 0.1) is 40.4 Å². The topological polar surface area (TPSA) is 83.0 Å². The van der Waals surface area contributed by atoms with Gasteiger partial charge in [-0.15, -0.1) is 11.3 Å². The molecule has 1 saturated heterocycles. The molecule has 1 N–H and O–H groups in total. The lowest BCUT2D eigenvalue weighted by Gasteiger charge is -2.30. The fourth-order valence-electron chi connectivity index (χ4n) is 4.32. The molecule has 0 spiro atoms. The van der Waals surface area contributed by atoms with Crippen molar-refractivity contribution >= 4 is 46.2 Å². The number of amides is 1. The van der Waals surface area contributed by atoms with Gasteiger partial charge < -0.3 is 14.7 Å². The number of hydrogen-bond acceptors (Lipinski definition) is 7. The van der Waals surface area contributed by atoms with E-state index in [-0.39, 0.29) is 5.57 Å². The number of nitrogens with zero attached hydrogens (tertiary/aromatic N) is 3. The molecular weight excluding hydrogens is 485 g/mol. The Labute approximate surface area is 206 Å². The van der Waals surface area contributed by atoms with Crippen molar-refractivity contribution in [1.82, 2.24) is 14.8 Å². The number of aliphatic hydroxyl groups excluding tert-OH is 1. The first-order chi connectivity index (χ1) is 15.8. The van der Waals surface area contributed by atoms with E-state index in [0.29, 0.717) is 52.4 Å². The number of halogens is 2. The van der Waals surface area contributed by atoms with Crippen LogP contribution in [0.15, 0.2) is 29.5 Å². The third-order valence-corrected chi connectivity index (χ3v) is 7.53. The Morgan fingerprint density at radius 3 is 2.61 bits per heavy atom. The van der Waals surface area contributed by atoms with E-state index in [1.165, 1.54) is 16.2 Å². The summed E-state index contributed by atoms with van der Waals surface area (Å²) in [6, 6.07) is 4.14. The van der Waals surface area contributed by atoms with Crippen LogP contribution in [0.2, 0.25) is 10.0 Å². The quantitative estimate of drug-likeness (QED) is 0.558. The Balaban J connectivity index is 1.67. The molecule has 176 valence electrons. The summed E-state index contributed by atoms with van der Waals surface area (Å²) in [5.74, 6) is -1.52. The van der Waals surface area contributed by atoms with Gasteiger partial charge in [-0.05, 0) is 38.0 Å². The van der Waals surface area contributed by atoms with Crippen LogP contribution in [0, 0.1) is 13.8 Å². The number of ketones is 1. The predicted octanol–water partition coefficient (Wildman–Crippen LogP) is 4.37. The molecule has 0 radical (unpaired) electrons. The van der Waals surface area contributed by atoms with Crippen LogP contribution in [0.3, 0.4) is 0 Å². The number of benzene rings is 1. The van der Waals surface area contributed by atoms with Crippen molar-refractivity contribution in [2.24, 2.45) is 0 Å². The van der Waals surface area contributed by atoms with Crippen LogP contribution in [-0.2, 0) is 9.53 Å². The number of carbonyl (C=O) groups is 2. The molecule has 1 unspecified atom stereocenters. The van der Waals surface area contributed by atoms with E-state index in [2.05, 4.69) is 9.88 Å². The summed E-state index contributed by atoms with van der Waals surface area (Å²) < 4.78 is 5.39. The molecule has 10 heteroatoms. The van der Waals surface area contributed by atoms with Crippen molar-refractivity contribution in [3.63, 3.8) is 0 Å². The number of morpholine rings is 1. The second-order valence-electron chi connectivity index (χ2n) is 8.11. The second kappa shape index (κ2) is 10.1. The van der Waals surface area contributed by atoms with Gasteiger partial charge in [-0.3, -0.25) is 14.5 Å². The van der Waals surface area contributed by atoms with Crippen molar-refractivity contribution in [1.29, 1.82) is 0 Å². The van der Waals surface area contributed by atoms with Gasteiger partial charge in [-0.25, -0.2) is 4.98 Å². The molecule has 2 aliphatic heterocycles. The number of aromatic nitrogens is 1. The Bertz CT molecular complexity index is 1110. The summed E-state index contributed by atoms with van der Waals surface area (Å²) in [5.41, 5.74) is 1.15. The van der Waals surface area contributed by atoms with Crippen molar-refractivity contribution < 1.29 is 19.4 Å². The van der Waals surface area contributed by atoms with Crippen LogP contribution in [0.1, 0.15) is 38.4 Å². The first kappa shape index (κ1) is 24.2. The number of thiazole rings is 1. The van der Waals surface area contributed by atoms with E-state index < -0.39 is 23.5 Å². The molecule has 0 saturated carbocycles.